The summed E-state index contributed by atoms with van der Waals surface area (Å²) in [5, 5.41) is 23.8. The third-order valence-electron chi connectivity index (χ3n) is 5.73. The van der Waals surface area contributed by atoms with Gasteiger partial charge in [0.15, 0.2) is 5.60 Å². The van der Waals surface area contributed by atoms with E-state index < -0.39 is 36.2 Å². The molecule has 4 N–H and O–H groups in total. The van der Waals surface area contributed by atoms with Gasteiger partial charge < -0.3 is 25.6 Å². The van der Waals surface area contributed by atoms with Crippen molar-refractivity contribution >= 4 is 18.0 Å². The van der Waals surface area contributed by atoms with E-state index in [1.54, 1.807) is 0 Å². The van der Waals surface area contributed by atoms with Crippen molar-refractivity contribution in [3.63, 3.8) is 0 Å². The quantitative estimate of drug-likeness (QED) is 0.462. The van der Waals surface area contributed by atoms with Crippen LogP contribution in [-0.4, -0.2) is 53.0 Å². The molecule has 33 heavy (non-hydrogen) atoms. The molecular formula is C25H30N2O6. The molecule has 2 aromatic rings. The molecule has 176 valence electrons. The monoisotopic (exact) mass is 454 g/mol. The van der Waals surface area contributed by atoms with Gasteiger partial charge in [-0.05, 0) is 41.5 Å². The van der Waals surface area contributed by atoms with Gasteiger partial charge in [-0.2, -0.15) is 0 Å². The third kappa shape index (κ3) is 5.70. The summed E-state index contributed by atoms with van der Waals surface area (Å²) in [4.78, 5) is 36.2. The molecule has 8 heteroatoms. The van der Waals surface area contributed by atoms with Gasteiger partial charge in [0, 0.05) is 5.92 Å². The second-order valence-corrected chi connectivity index (χ2v) is 8.95. The van der Waals surface area contributed by atoms with Crippen LogP contribution in [0.15, 0.2) is 48.5 Å². The average Bonchev–Trinajstić information content (AvgIpc) is 3.09. The van der Waals surface area contributed by atoms with Crippen LogP contribution in [0.5, 0.6) is 0 Å². The first kappa shape index (κ1) is 24.3. The molecule has 1 aliphatic carbocycles. The van der Waals surface area contributed by atoms with Gasteiger partial charge >= 0.3 is 12.1 Å². The largest absolute Gasteiger partial charge is 0.479 e. The number of carboxylic acids is 1. The molecule has 0 spiro atoms. The highest BCUT2D eigenvalue weighted by molar-refractivity contribution is 5.86. The Bertz CT molecular complexity index is 988. The lowest BCUT2D eigenvalue weighted by molar-refractivity contribution is -0.156. The zero-order valence-corrected chi connectivity index (χ0v) is 19.0. The van der Waals surface area contributed by atoms with E-state index in [4.69, 9.17) is 9.84 Å². The van der Waals surface area contributed by atoms with Crippen LogP contribution in [0.2, 0.25) is 0 Å². The fourth-order valence-corrected chi connectivity index (χ4v) is 3.94. The number of ether oxygens (including phenoxy) is 1. The molecule has 0 radical (unpaired) electrons. The van der Waals surface area contributed by atoms with Crippen LogP contribution in [0.3, 0.4) is 0 Å². The maximum Gasteiger partial charge on any atom is 0.407 e. The number of hydrogen-bond donors (Lipinski definition) is 4. The van der Waals surface area contributed by atoms with Crippen molar-refractivity contribution in [2.75, 3.05) is 13.2 Å². The number of carbonyl (C=O) groups excluding carboxylic acids is 2. The Morgan fingerprint density at radius 1 is 1.03 bits per heavy atom. The van der Waals surface area contributed by atoms with Gasteiger partial charge in [0.05, 0.1) is 6.54 Å². The number of fused-ring (bicyclic) bond motifs is 3. The van der Waals surface area contributed by atoms with E-state index in [1.807, 2.05) is 62.4 Å². The topological polar surface area (TPSA) is 125 Å². The van der Waals surface area contributed by atoms with E-state index in [0.717, 1.165) is 29.2 Å². The van der Waals surface area contributed by atoms with Crippen molar-refractivity contribution in [3.05, 3.63) is 59.7 Å². The molecule has 0 heterocycles. The number of benzene rings is 2. The molecule has 2 amide bonds. The molecule has 0 fully saturated rings. The fraction of sp³-hybridized carbons (Fsp3) is 0.400. The molecule has 0 aliphatic heterocycles. The number of alkyl carbamates (subject to hydrolysis) is 1. The lowest BCUT2D eigenvalue weighted by atomic mass is 9.98. The first-order chi connectivity index (χ1) is 15.6. The molecule has 1 aliphatic rings. The summed E-state index contributed by atoms with van der Waals surface area (Å²) in [5.74, 6) is -2.06. The predicted octanol–water partition coefficient (Wildman–Crippen LogP) is 2.89. The van der Waals surface area contributed by atoms with Crippen molar-refractivity contribution < 1.29 is 29.3 Å². The van der Waals surface area contributed by atoms with Crippen LogP contribution in [-0.2, 0) is 14.3 Å². The van der Waals surface area contributed by atoms with Crippen LogP contribution in [0.4, 0.5) is 4.79 Å². The first-order valence-electron chi connectivity index (χ1n) is 10.9. The van der Waals surface area contributed by atoms with Gasteiger partial charge in [-0.3, -0.25) is 4.79 Å². The summed E-state index contributed by atoms with van der Waals surface area (Å²) < 4.78 is 5.51. The van der Waals surface area contributed by atoms with Gasteiger partial charge in [0.2, 0.25) is 5.91 Å². The van der Waals surface area contributed by atoms with Crippen molar-refractivity contribution in [1.82, 2.24) is 10.6 Å². The van der Waals surface area contributed by atoms with Gasteiger partial charge in [0.1, 0.15) is 12.6 Å². The van der Waals surface area contributed by atoms with E-state index in [9.17, 15) is 19.5 Å². The number of nitrogens with one attached hydrogen (secondary N) is 2. The summed E-state index contributed by atoms with van der Waals surface area (Å²) in [6.07, 6.45) is -0.409. The summed E-state index contributed by atoms with van der Waals surface area (Å²) in [5.41, 5.74) is 2.29. The van der Waals surface area contributed by atoms with Gasteiger partial charge in [-0.25, -0.2) is 9.59 Å². The second-order valence-electron chi connectivity index (χ2n) is 8.95. The van der Waals surface area contributed by atoms with Crippen LogP contribution >= 0.6 is 0 Å². The minimum atomic E-state index is -2.11. The lowest BCUT2D eigenvalue weighted by Crippen LogP contribution is -2.53. The molecule has 2 atom stereocenters. The van der Waals surface area contributed by atoms with Crippen LogP contribution < -0.4 is 10.6 Å². The molecule has 2 aromatic carbocycles. The smallest absolute Gasteiger partial charge is 0.407 e. The van der Waals surface area contributed by atoms with Crippen LogP contribution in [0.25, 0.3) is 11.1 Å². The highest BCUT2D eigenvalue weighted by Crippen LogP contribution is 2.44. The number of amides is 2. The van der Waals surface area contributed by atoms with Crippen molar-refractivity contribution in [2.45, 2.75) is 44.8 Å². The SMILES string of the molecule is CC(C)CC(NC(=O)OCC1c2ccccc2-c2ccccc21)C(=O)NCC(C)(O)C(=O)O. The Morgan fingerprint density at radius 3 is 2.09 bits per heavy atom. The van der Waals surface area contributed by atoms with E-state index >= 15 is 0 Å². The second kappa shape index (κ2) is 10.0. The number of aliphatic hydroxyl groups is 1. The Kier molecular flexibility index (Phi) is 7.38. The normalized spacial score (nSPS) is 15.2. The number of aliphatic carboxylic acids is 1. The standard InChI is InChI=1S/C25H30N2O6/c1-15(2)12-21(22(28)26-14-25(3,32)23(29)30)27-24(31)33-13-20-18-10-6-4-8-16(18)17-9-5-7-11-19(17)20/h4-11,15,20-21,32H,12-14H2,1-3H3,(H,26,28)(H,27,31)(H,29,30). The highest BCUT2D eigenvalue weighted by Gasteiger charge is 2.33. The van der Waals surface area contributed by atoms with Gasteiger partial charge in [0.25, 0.3) is 0 Å². The third-order valence-corrected chi connectivity index (χ3v) is 5.73. The minimum absolute atomic E-state index is 0.0784. The molecule has 0 saturated carbocycles. The summed E-state index contributed by atoms with van der Waals surface area (Å²) >= 11 is 0. The van der Waals surface area contributed by atoms with E-state index in [2.05, 4.69) is 10.6 Å². The van der Waals surface area contributed by atoms with Crippen LogP contribution in [0, 0.1) is 5.92 Å². The Labute approximate surface area is 193 Å². The molecule has 2 unspecified atom stereocenters. The van der Waals surface area contributed by atoms with E-state index in [0.29, 0.717) is 6.42 Å². The summed E-state index contributed by atoms with van der Waals surface area (Å²) in [6, 6.07) is 15.1. The minimum Gasteiger partial charge on any atom is -0.479 e. The fourth-order valence-electron chi connectivity index (χ4n) is 3.94. The lowest BCUT2D eigenvalue weighted by Gasteiger charge is -2.23. The van der Waals surface area contributed by atoms with Crippen molar-refractivity contribution in [2.24, 2.45) is 5.92 Å². The number of rotatable bonds is 9. The van der Waals surface area contributed by atoms with Crippen molar-refractivity contribution in [1.29, 1.82) is 0 Å². The summed E-state index contributed by atoms with van der Waals surface area (Å²) in [6.45, 7) is 4.51. The maximum absolute atomic E-state index is 12.6. The molecule has 0 aromatic heterocycles. The molecule has 0 saturated heterocycles. The number of carboxylic acid groups (broad SMARTS) is 1. The van der Waals surface area contributed by atoms with Crippen molar-refractivity contribution in [3.8, 4) is 11.1 Å². The van der Waals surface area contributed by atoms with E-state index in [-0.39, 0.29) is 18.4 Å². The van der Waals surface area contributed by atoms with E-state index in [1.165, 1.54) is 0 Å². The molecule has 8 nitrogen and oxygen atoms in total. The zero-order chi connectivity index (χ0) is 24.2. The Hall–Kier alpha value is -3.39. The Morgan fingerprint density at radius 2 is 1.58 bits per heavy atom. The van der Waals surface area contributed by atoms with Gasteiger partial charge in [-0.1, -0.05) is 62.4 Å². The van der Waals surface area contributed by atoms with Gasteiger partial charge in [-0.15, -0.1) is 0 Å². The molecule has 3 rings (SSSR count). The molecule has 0 bridgehead atoms. The average molecular weight is 455 g/mol. The highest BCUT2D eigenvalue weighted by atomic mass is 16.5. The van der Waals surface area contributed by atoms with Crippen LogP contribution in [0.1, 0.15) is 44.2 Å². The number of carbonyl (C=O) groups is 3. The number of hydrogen-bond acceptors (Lipinski definition) is 5. The Balaban J connectivity index is 1.64. The first-order valence-corrected chi connectivity index (χ1v) is 10.9. The predicted molar refractivity (Wildman–Crippen MR) is 123 cm³/mol. The molecular weight excluding hydrogens is 424 g/mol. The zero-order valence-electron chi connectivity index (χ0n) is 19.0. The summed E-state index contributed by atoms with van der Waals surface area (Å²) in [7, 11) is 0. The maximum atomic E-state index is 12.6.